The highest BCUT2D eigenvalue weighted by Gasteiger charge is 2.42. The first kappa shape index (κ1) is 12.0. The molecule has 1 fully saturated rings. The van der Waals surface area contributed by atoms with Crippen LogP contribution in [0.15, 0.2) is 30.3 Å². The zero-order valence-corrected chi connectivity index (χ0v) is 9.09. The molecule has 0 saturated carbocycles. The van der Waals surface area contributed by atoms with Crippen molar-refractivity contribution in [1.82, 2.24) is 5.32 Å². The van der Waals surface area contributed by atoms with E-state index in [1.54, 1.807) is 0 Å². The van der Waals surface area contributed by atoms with E-state index < -0.39 is 11.5 Å². The molecule has 2 N–H and O–H groups in total. The number of benzene rings is 1. The Labute approximate surface area is 94.9 Å². The van der Waals surface area contributed by atoms with Gasteiger partial charge in [-0.2, -0.15) is 0 Å². The highest BCUT2D eigenvalue weighted by Crippen LogP contribution is 2.30. The molecule has 1 saturated heterocycles. The lowest BCUT2D eigenvalue weighted by molar-refractivity contribution is -0.144. The maximum absolute atomic E-state index is 11.3. The van der Waals surface area contributed by atoms with Gasteiger partial charge in [-0.15, -0.1) is 12.4 Å². The predicted octanol–water partition coefficient (Wildman–Crippen LogP) is 1.77. The van der Waals surface area contributed by atoms with Crippen LogP contribution in [0.3, 0.4) is 0 Å². The monoisotopic (exact) mass is 227 g/mol. The third-order valence-electron chi connectivity index (χ3n) is 2.79. The zero-order chi connectivity index (χ0) is 10.0. The molecule has 0 spiro atoms. The van der Waals surface area contributed by atoms with Crippen LogP contribution in [0.5, 0.6) is 0 Å². The van der Waals surface area contributed by atoms with Crippen LogP contribution in [0.4, 0.5) is 0 Å². The van der Waals surface area contributed by atoms with Crippen molar-refractivity contribution in [2.75, 3.05) is 6.54 Å². The van der Waals surface area contributed by atoms with Gasteiger partial charge in [0.25, 0.3) is 0 Å². The second-order valence-electron chi connectivity index (χ2n) is 3.61. The number of rotatable bonds is 2. The predicted molar refractivity (Wildman–Crippen MR) is 60.2 cm³/mol. The topological polar surface area (TPSA) is 49.3 Å². The lowest BCUT2D eigenvalue weighted by atomic mass is 9.88. The maximum Gasteiger partial charge on any atom is 0.328 e. The van der Waals surface area contributed by atoms with Crippen LogP contribution in [-0.2, 0) is 10.3 Å². The molecule has 0 radical (unpaired) electrons. The number of carbonyl (C=O) groups is 1. The van der Waals surface area contributed by atoms with Crippen LogP contribution in [0, 0.1) is 0 Å². The average molecular weight is 228 g/mol. The molecule has 1 aliphatic heterocycles. The Morgan fingerprint density at radius 3 is 2.47 bits per heavy atom. The Morgan fingerprint density at radius 2 is 2.00 bits per heavy atom. The summed E-state index contributed by atoms with van der Waals surface area (Å²) in [5.74, 6) is -0.777. The summed E-state index contributed by atoms with van der Waals surface area (Å²) in [5.41, 5.74) is 0.00588. The van der Waals surface area contributed by atoms with Crippen molar-refractivity contribution in [2.24, 2.45) is 0 Å². The normalized spacial score (nSPS) is 24.5. The van der Waals surface area contributed by atoms with Gasteiger partial charge in [-0.1, -0.05) is 30.3 Å². The third-order valence-corrected chi connectivity index (χ3v) is 2.79. The Morgan fingerprint density at radius 1 is 1.33 bits per heavy atom. The highest BCUT2D eigenvalue weighted by atomic mass is 35.5. The van der Waals surface area contributed by atoms with E-state index in [1.165, 1.54) is 0 Å². The van der Waals surface area contributed by atoms with Crippen LogP contribution in [0.1, 0.15) is 18.4 Å². The van der Waals surface area contributed by atoms with E-state index in [4.69, 9.17) is 0 Å². The first-order valence-electron chi connectivity index (χ1n) is 4.80. The largest absolute Gasteiger partial charge is 0.480 e. The smallest absolute Gasteiger partial charge is 0.328 e. The Balaban J connectivity index is 0.00000112. The molecule has 3 nitrogen and oxygen atoms in total. The fourth-order valence-corrected chi connectivity index (χ4v) is 2.02. The van der Waals surface area contributed by atoms with Crippen LogP contribution < -0.4 is 5.32 Å². The minimum absolute atomic E-state index is 0. The van der Waals surface area contributed by atoms with E-state index in [-0.39, 0.29) is 12.4 Å². The van der Waals surface area contributed by atoms with Crippen molar-refractivity contribution in [3.63, 3.8) is 0 Å². The van der Waals surface area contributed by atoms with E-state index in [1.807, 2.05) is 30.3 Å². The van der Waals surface area contributed by atoms with E-state index >= 15 is 0 Å². The van der Waals surface area contributed by atoms with E-state index in [0.717, 1.165) is 18.5 Å². The minimum Gasteiger partial charge on any atom is -0.480 e. The first-order valence-corrected chi connectivity index (χ1v) is 4.80. The molecule has 1 heterocycles. The molecular formula is C11H14ClNO2. The second-order valence-corrected chi connectivity index (χ2v) is 3.61. The van der Waals surface area contributed by atoms with Crippen LogP contribution >= 0.6 is 12.4 Å². The second kappa shape index (κ2) is 4.64. The van der Waals surface area contributed by atoms with Gasteiger partial charge in [-0.25, -0.2) is 4.79 Å². The van der Waals surface area contributed by atoms with Gasteiger partial charge in [-0.05, 0) is 24.9 Å². The number of halogens is 1. The summed E-state index contributed by atoms with van der Waals surface area (Å²) in [6.45, 7) is 0.779. The molecule has 2 rings (SSSR count). The molecule has 4 heteroatoms. The lowest BCUT2D eigenvalue weighted by Crippen LogP contribution is -2.44. The average Bonchev–Trinajstić information content (AvgIpc) is 2.69. The molecule has 0 amide bonds. The molecule has 1 aliphatic rings. The van der Waals surface area contributed by atoms with E-state index in [2.05, 4.69) is 5.32 Å². The summed E-state index contributed by atoms with van der Waals surface area (Å²) < 4.78 is 0. The van der Waals surface area contributed by atoms with Crippen molar-refractivity contribution in [3.05, 3.63) is 35.9 Å². The molecule has 82 valence electrons. The number of aliphatic carboxylic acids is 1. The molecule has 1 atom stereocenters. The Bertz CT molecular complexity index is 334. The van der Waals surface area contributed by atoms with Gasteiger partial charge in [0.15, 0.2) is 0 Å². The summed E-state index contributed by atoms with van der Waals surface area (Å²) in [5, 5.41) is 12.3. The molecule has 0 unspecified atom stereocenters. The SMILES string of the molecule is Cl.O=C(O)[C@]1(c2ccccc2)CCCN1. The Kier molecular flexibility index (Phi) is 3.72. The first-order chi connectivity index (χ1) is 6.76. The van der Waals surface area contributed by atoms with Crippen LogP contribution in [0.25, 0.3) is 0 Å². The highest BCUT2D eigenvalue weighted by molar-refractivity contribution is 5.85. The lowest BCUT2D eigenvalue weighted by Gasteiger charge is -2.24. The van der Waals surface area contributed by atoms with Crippen LogP contribution in [-0.4, -0.2) is 17.6 Å². The number of hydrogen-bond acceptors (Lipinski definition) is 2. The minimum atomic E-state index is -0.846. The zero-order valence-electron chi connectivity index (χ0n) is 8.27. The quantitative estimate of drug-likeness (QED) is 0.810. The fourth-order valence-electron chi connectivity index (χ4n) is 2.02. The van der Waals surface area contributed by atoms with Gasteiger partial charge in [0.05, 0.1) is 0 Å². The van der Waals surface area contributed by atoms with Gasteiger partial charge in [0.1, 0.15) is 5.54 Å². The third kappa shape index (κ3) is 1.98. The van der Waals surface area contributed by atoms with E-state index in [0.29, 0.717) is 6.42 Å². The number of hydrogen-bond donors (Lipinski definition) is 2. The molecule has 15 heavy (non-hydrogen) atoms. The van der Waals surface area contributed by atoms with Gasteiger partial charge in [0, 0.05) is 0 Å². The molecule has 1 aromatic rings. The number of nitrogens with one attached hydrogen (secondary N) is 1. The molecule has 0 aliphatic carbocycles. The number of carboxylic acids is 1. The number of carboxylic acid groups (broad SMARTS) is 1. The van der Waals surface area contributed by atoms with E-state index in [9.17, 15) is 9.90 Å². The summed E-state index contributed by atoms with van der Waals surface area (Å²) >= 11 is 0. The summed E-state index contributed by atoms with van der Waals surface area (Å²) in [7, 11) is 0. The Hall–Kier alpha value is -1.06. The fraction of sp³-hybridized carbons (Fsp3) is 0.364. The van der Waals surface area contributed by atoms with Gasteiger partial charge in [-0.3, -0.25) is 5.32 Å². The molecule has 0 aromatic heterocycles. The van der Waals surface area contributed by atoms with Gasteiger partial charge < -0.3 is 5.11 Å². The van der Waals surface area contributed by atoms with Crippen molar-refractivity contribution >= 4 is 18.4 Å². The van der Waals surface area contributed by atoms with Gasteiger partial charge in [0.2, 0.25) is 0 Å². The standard InChI is InChI=1S/C11H13NO2.ClH/c13-10(14)11(7-4-8-12-11)9-5-2-1-3-6-9;/h1-3,5-6,12H,4,7-8H2,(H,13,14);1H/t11-;/m1./s1. The van der Waals surface area contributed by atoms with Gasteiger partial charge >= 0.3 is 5.97 Å². The molecule has 1 aromatic carbocycles. The van der Waals surface area contributed by atoms with Crippen LogP contribution in [0.2, 0.25) is 0 Å². The molecular weight excluding hydrogens is 214 g/mol. The summed E-state index contributed by atoms with van der Waals surface area (Å²) in [4.78, 5) is 11.3. The van der Waals surface area contributed by atoms with Crippen molar-refractivity contribution in [1.29, 1.82) is 0 Å². The van der Waals surface area contributed by atoms with Crippen molar-refractivity contribution < 1.29 is 9.90 Å². The van der Waals surface area contributed by atoms with Crippen molar-refractivity contribution in [3.8, 4) is 0 Å². The maximum atomic E-state index is 11.3. The summed E-state index contributed by atoms with van der Waals surface area (Å²) in [6, 6.07) is 9.38. The summed E-state index contributed by atoms with van der Waals surface area (Å²) in [6.07, 6.45) is 1.59. The van der Waals surface area contributed by atoms with Crippen molar-refractivity contribution in [2.45, 2.75) is 18.4 Å². The molecule has 0 bridgehead atoms.